The van der Waals surface area contributed by atoms with Gasteiger partial charge in [-0.25, -0.2) is 4.98 Å². The number of nitrogens with zero attached hydrogens (tertiary/aromatic N) is 2. The van der Waals surface area contributed by atoms with E-state index in [1.54, 1.807) is 12.5 Å². The van der Waals surface area contributed by atoms with Gasteiger partial charge in [-0.05, 0) is 17.5 Å². The third kappa shape index (κ3) is 2.79. The van der Waals surface area contributed by atoms with E-state index in [9.17, 15) is 4.79 Å². The Morgan fingerprint density at radius 2 is 1.94 bits per heavy atom. The van der Waals surface area contributed by atoms with Crippen LogP contribution in [0.15, 0.2) is 43.0 Å². The van der Waals surface area contributed by atoms with Crippen molar-refractivity contribution in [1.29, 1.82) is 0 Å². The molecule has 3 heteroatoms. The number of hydrogen-bond donors (Lipinski definition) is 0. The van der Waals surface area contributed by atoms with Crippen molar-refractivity contribution in [2.24, 2.45) is 0 Å². The number of aldehydes is 1. The first kappa shape index (κ1) is 10.6. The topological polar surface area (TPSA) is 34.9 Å². The van der Waals surface area contributed by atoms with Gasteiger partial charge in [0.15, 0.2) is 0 Å². The zero-order chi connectivity index (χ0) is 11.2. The Kier molecular flexibility index (Phi) is 3.49. The molecule has 1 heterocycles. The van der Waals surface area contributed by atoms with Gasteiger partial charge in [-0.2, -0.15) is 0 Å². The fourth-order valence-corrected chi connectivity index (χ4v) is 1.63. The van der Waals surface area contributed by atoms with E-state index in [1.807, 2.05) is 10.8 Å². The Bertz CT molecular complexity index is 431. The highest BCUT2D eigenvalue weighted by molar-refractivity contribution is 5.50. The summed E-state index contributed by atoms with van der Waals surface area (Å²) < 4.78 is 2.03. The van der Waals surface area contributed by atoms with Gasteiger partial charge in [0.25, 0.3) is 0 Å². The molecule has 0 radical (unpaired) electrons. The van der Waals surface area contributed by atoms with Gasteiger partial charge in [-0.1, -0.05) is 24.3 Å². The van der Waals surface area contributed by atoms with Gasteiger partial charge in [0.1, 0.15) is 6.29 Å². The molecule has 0 atom stereocenters. The summed E-state index contributed by atoms with van der Waals surface area (Å²) in [7, 11) is 0. The second-order valence-electron chi connectivity index (χ2n) is 3.76. The minimum Gasteiger partial charge on any atom is -0.333 e. The van der Waals surface area contributed by atoms with Gasteiger partial charge in [0, 0.05) is 25.4 Å². The van der Waals surface area contributed by atoms with Crippen LogP contribution >= 0.6 is 0 Å². The predicted molar refractivity (Wildman–Crippen MR) is 62.2 cm³/mol. The van der Waals surface area contributed by atoms with Crippen LogP contribution in [0.25, 0.3) is 0 Å². The molecule has 0 unspecified atom stereocenters. The van der Waals surface area contributed by atoms with Crippen LogP contribution in [-0.4, -0.2) is 15.8 Å². The molecule has 3 nitrogen and oxygen atoms in total. The van der Waals surface area contributed by atoms with Crippen molar-refractivity contribution in [3.63, 3.8) is 0 Å². The molecule has 2 rings (SSSR count). The highest BCUT2D eigenvalue weighted by Crippen LogP contribution is 2.07. The number of carbonyl (C=O) groups excluding carboxylic acids is 1. The van der Waals surface area contributed by atoms with Crippen LogP contribution in [0.3, 0.4) is 0 Å². The smallest absolute Gasteiger partial charge is 0.120 e. The highest BCUT2D eigenvalue weighted by Gasteiger charge is 1.96. The van der Waals surface area contributed by atoms with Crippen molar-refractivity contribution in [1.82, 2.24) is 9.55 Å². The zero-order valence-electron chi connectivity index (χ0n) is 9.04. The van der Waals surface area contributed by atoms with Crippen LogP contribution in [-0.2, 0) is 17.8 Å². The molecule has 1 aromatic heterocycles. The van der Waals surface area contributed by atoms with Crippen LogP contribution in [0.2, 0.25) is 0 Å². The molecule has 16 heavy (non-hydrogen) atoms. The SMILES string of the molecule is O=CCCc1ccc(Cn2ccnc2)cc1. The normalized spacial score (nSPS) is 10.2. The van der Waals surface area contributed by atoms with Crippen molar-refractivity contribution in [3.05, 3.63) is 54.1 Å². The summed E-state index contributed by atoms with van der Waals surface area (Å²) in [5, 5.41) is 0. The van der Waals surface area contributed by atoms with E-state index in [1.165, 1.54) is 11.1 Å². The van der Waals surface area contributed by atoms with Crippen LogP contribution in [0.1, 0.15) is 17.5 Å². The maximum Gasteiger partial charge on any atom is 0.120 e. The molecule has 0 amide bonds. The van der Waals surface area contributed by atoms with E-state index >= 15 is 0 Å². The Morgan fingerprint density at radius 3 is 2.56 bits per heavy atom. The summed E-state index contributed by atoms with van der Waals surface area (Å²) in [5.41, 5.74) is 2.45. The minimum atomic E-state index is 0.598. The second-order valence-corrected chi connectivity index (χ2v) is 3.76. The average Bonchev–Trinajstić information content (AvgIpc) is 2.81. The lowest BCUT2D eigenvalue weighted by molar-refractivity contribution is -0.107. The number of carbonyl (C=O) groups is 1. The predicted octanol–water partition coefficient (Wildman–Crippen LogP) is 2.06. The van der Waals surface area contributed by atoms with Crippen molar-refractivity contribution in [3.8, 4) is 0 Å². The summed E-state index contributed by atoms with van der Waals surface area (Å²) in [6, 6.07) is 8.35. The largest absolute Gasteiger partial charge is 0.333 e. The number of aryl methyl sites for hydroxylation is 1. The third-order valence-electron chi connectivity index (χ3n) is 2.50. The zero-order valence-corrected chi connectivity index (χ0v) is 9.04. The molecule has 2 aromatic rings. The number of hydrogen-bond acceptors (Lipinski definition) is 2. The molecule has 0 aliphatic rings. The van der Waals surface area contributed by atoms with E-state index in [0.29, 0.717) is 6.42 Å². The van der Waals surface area contributed by atoms with E-state index < -0.39 is 0 Å². The van der Waals surface area contributed by atoms with E-state index in [4.69, 9.17) is 0 Å². The third-order valence-corrected chi connectivity index (χ3v) is 2.50. The van der Waals surface area contributed by atoms with Gasteiger partial charge in [0.05, 0.1) is 6.33 Å². The van der Waals surface area contributed by atoms with E-state index in [-0.39, 0.29) is 0 Å². The molecule has 0 aliphatic carbocycles. The maximum absolute atomic E-state index is 10.2. The first-order chi connectivity index (χ1) is 7.88. The second kappa shape index (κ2) is 5.26. The van der Waals surface area contributed by atoms with Gasteiger partial charge >= 0.3 is 0 Å². The van der Waals surface area contributed by atoms with Crippen LogP contribution < -0.4 is 0 Å². The van der Waals surface area contributed by atoms with Crippen LogP contribution in [0.4, 0.5) is 0 Å². The summed E-state index contributed by atoms with van der Waals surface area (Å²) in [5.74, 6) is 0. The van der Waals surface area contributed by atoms with Crippen LogP contribution in [0.5, 0.6) is 0 Å². The number of rotatable bonds is 5. The monoisotopic (exact) mass is 214 g/mol. The van der Waals surface area contributed by atoms with E-state index in [2.05, 4.69) is 29.2 Å². The van der Waals surface area contributed by atoms with Crippen molar-refractivity contribution in [2.45, 2.75) is 19.4 Å². The molecule has 0 spiro atoms. The fourth-order valence-electron chi connectivity index (χ4n) is 1.63. The standard InChI is InChI=1S/C13H14N2O/c16-9-1-2-12-3-5-13(6-4-12)10-15-8-7-14-11-15/h3-9,11H,1-2,10H2. The van der Waals surface area contributed by atoms with Crippen LogP contribution in [0, 0.1) is 0 Å². The molecule has 82 valence electrons. The Balaban J connectivity index is 1.99. The molecule has 0 fully saturated rings. The number of benzene rings is 1. The molecule has 1 aromatic carbocycles. The van der Waals surface area contributed by atoms with Gasteiger partial charge in [-0.3, -0.25) is 0 Å². The molecule has 0 aliphatic heterocycles. The summed E-state index contributed by atoms with van der Waals surface area (Å²) in [6.45, 7) is 0.841. The Hall–Kier alpha value is -1.90. The van der Waals surface area contributed by atoms with Gasteiger partial charge < -0.3 is 9.36 Å². The van der Waals surface area contributed by atoms with Gasteiger partial charge in [-0.15, -0.1) is 0 Å². The highest BCUT2D eigenvalue weighted by atomic mass is 16.1. The van der Waals surface area contributed by atoms with Crippen molar-refractivity contribution >= 4 is 6.29 Å². The molecular formula is C13H14N2O. The van der Waals surface area contributed by atoms with Crippen molar-refractivity contribution < 1.29 is 4.79 Å². The van der Waals surface area contributed by atoms with Gasteiger partial charge in [0.2, 0.25) is 0 Å². The Labute approximate surface area is 94.7 Å². The van der Waals surface area contributed by atoms with E-state index in [0.717, 1.165) is 19.3 Å². The lowest BCUT2D eigenvalue weighted by Crippen LogP contribution is -1.96. The Morgan fingerprint density at radius 1 is 1.19 bits per heavy atom. The molecule has 0 saturated heterocycles. The lowest BCUT2D eigenvalue weighted by Gasteiger charge is -2.03. The summed E-state index contributed by atoms with van der Waals surface area (Å²) in [4.78, 5) is 14.2. The summed E-state index contributed by atoms with van der Waals surface area (Å²) in [6.07, 6.45) is 7.91. The summed E-state index contributed by atoms with van der Waals surface area (Å²) >= 11 is 0. The average molecular weight is 214 g/mol. The maximum atomic E-state index is 10.2. The lowest BCUT2D eigenvalue weighted by atomic mass is 10.1. The minimum absolute atomic E-state index is 0.598. The van der Waals surface area contributed by atoms with Crippen molar-refractivity contribution in [2.75, 3.05) is 0 Å². The molecule has 0 saturated carbocycles. The molecule has 0 bridgehead atoms. The number of imidazole rings is 1. The first-order valence-corrected chi connectivity index (χ1v) is 5.35. The number of aromatic nitrogens is 2. The molecule has 0 N–H and O–H groups in total. The quantitative estimate of drug-likeness (QED) is 0.714. The first-order valence-electron chi connectivity index (χ1n) is 5.35. The fraction of sp³-hybridized carbons (Fsp3) is 0.231. The molecular weight excluding hydrogens is 200 g/mol.